The molecule has 0 N–H and O–H groups in total. The Hall–Kier alpha value is -2.75. The van der Waals surface area contributed by atoms with Crippen molar-refractivity contribution in [1.29, 1.82) is 0 Å². The third kappa shape index (κ3) is 4.38. The quantitative estimate of drug-likeness (QED) is 0.350. The van der Waals surface area contributed by atoms with Gasteiger partial charge in [-0.2, -0.15) is 22.0 Å². The number of fused-ring (bicyclic) bond motifs is 1. The van der Waals surface area contributed by atoms with Crippen molar-refractivity contribution in [3.8, 4) is 16.3 Å². The summed E-state index contributed by atoms with van der Waals surface area (Å²) in [5, 5.41) is 0.430. The largest absolute Gasteiger partial charge is 0.502 e. The van der Waals surface area contributed by atoms with Crippen LogP contribution in [0.1, 0.15) is 23.6 Å². The SMILES string of the molecule is CCOC(=O)C(F)(F)Oc1c(C)cc(-c2nc3cc(C(F)(F)F)ccc3s2)cc1C. The van der Waals surface area contributed by atoms with Gasteiger partial charge in [0, 0.05) is 5.56 Å². The van der Waals surface area contributed by atoms with Crippen molar-refractivity contribution < 1.29 is 36.2 Å². The molecular formula is C20H16F5NO3S. The molecule has 0 spiro atoms. The van der Waals surface area contributed by atoms with Gasteiger partial charge in [0.05, 0.1) is 22.4 Å². The standard InChI is InChI=1S/C20H16F5NO3S/c1-4-28-18(27)20(24,25)29-16-10(2)7-12(8-11(16)3)17-26-14-9-13(19(21,22)23)5-6-15(14)30-17/h5-9H,4H2,1-3H3. The number of carbonyl (C=O) groups excluding carboxylic acids is 1. The zero-order valence-electron chi connectivity index (χ0n) is 16.1. The molecule has 30 heavy (non-hydrogen) atoms. The summed E-state index contributed by atoms with van der Waals surface area (Å²) in [5.74, 6) is -1.98. The number of esters is 1. The van der Waals surface area contributed by atoms with Crippen LogP contribution in [0.2, 0.25) is 0 Å². The van der Waals surface area contributed by atoms with Gasteiger partial charge in [0.1, 0.15) is 10.8 Å². The van der Waals surface area contributed by atoms with Gasteiger partial charge >= 0.3 is 18.3 Å². The fraction of sp³-hybridized carbons (Fsp3) is 0.300. The molecule has 0 aliphatic rings. The lowest BCUT2D eigenvalue weighted by atomic mass is 10.1. The second-order valence-corrected chi connectivity index (χ2v) is 7.51. The molecule has 10 heteroatoms. The van der Waals surface area contributed by atoms with Crippen LogP contribution in [0, 0.1) is 13.8 Å². The number of aryl methyl sites for hydroxylation is 2. The molecule has 0 saturated heterocycles. The highest BCUT2D eigenvalue weighted by molar-refractivity contribution is 7.21. The number of nitrogens with zero attached hydrogens (tertiary/aromatic N) is 1. The second kappa shape index (κ2) is 7.82. The third-order valence-electron chi connectivity index (χ3n) is 4.17. The van der Waals surface area contributed by atoms with E-state index in [9.17, 15) is 26.7 Å². The predicted octanol–water partition coefficient (Wildman–Crippen LogP) is 6.13. The molecule has 0 radical (unpaired) electrons. The Morgan fingerprint density at radius 3 is 2.27 bits per heavy atom. The minimum absolute atomic E-state index is 0.183. The zero-order valence-corrected chi connectivity index (χ0v) is 16.9. The number of hydrogen-bond donors (Lipinski definition) is 0. The number of thiazole rings is 1. The van der Waals surface area contributed by atoms with E-state index in [4.69, 9.17) is 0 Å². The fourth-order valence-electron chi connectivity index (χ4n) is 2.85. The first-order valence-corrected chi connectivity index (χ1v) is 9.57. The molecule has 3 aromatic rings. The van der Waals surface area contributed by atoms with Gasteiger partial charge in [-0.05, 0) is 62.2 Å². The second-order valence-electron chi connectivity index (χ2n) is 6.48. The van der Waals surface area contributed by atoms with E-state index in [0.29, 0.717) is 26.4 Å². The molecule has 0 bridgehead atoms. The van der Waals surface area contributed by atoms with Crippen LogP contribution in [0.3, 0.4) is 0 Å². The lowest BCUT2D eigenvalue weighted by Crippen LogP contribution is -2.37. The molecule has 3 rings (SSSR count). The Morgan fingerprint density at radius 1 is 1.07 bits per heavy atom. The minimum atomic E-state index is -4.48. The molecule has 0 unspecified atom stereocenters. The number of rotatable bonds is 5. The molecule has 2 aromatic carbocycles. The molecule has 0 fully saturated rings. The average Bonchev–Trinajstić information content (AvgIpc) is 3.07. The van der Waals surface area contributed by atoms with Gasteiger partial charge in [-0.1, -0.05) is 0 Å². The van der Waals surface area contributed by atoms with Crippen LogP contribution in [0.25, 0.3) is 20.8 Å². The van der Waals surface area contributed by atoms with E-state index in [0.717, 1.165) is 12.1 Å². The van der Waals surface area contributed by atoms with Crippen molar-refractivity contribution in [3.63, 3.8) is 0 Å². The number of hydrogen-bond acceptors (Lipinski definition) is 5. The van der Waals surface area contributed by atoms with Gasteiger partial charge in [-0.25, -0.2) is 9.78 Å². The van der Waals surface area contributed by atoms with Crippen molar-refractivity contribution in [2.75, 3.05) is 6.61 Å². The highest BCUT2D eigenvalue weighted by Crippen LogP contribution is 2.38. The number of benzene rings is 2. The summed E-state index contributed by atoms with van der Waals surface area (Å²) in [5.41, 5.74) is 0.540. The van der Waals surface area contributed by atoms with Gasteiger partial charge in [-0.3, -0.25) is 0 Å². The summed E-state index contributed by atoms with van der Waals surface area (Å²) in [6.45, 7) is 4.21. The monoisotopic (exact) mass is 445 g/mol. The van der Waals surface area contributed by atoms with Crippen LogP contribution in [0.15, 0.2) is 30.3 Å². The number of aromatic nitrogens is 1. The Morgan fingerprint density at radius 2 is 1.70 bits per heavy atom. The first kappa shape index (κ1) is 21.9. The summed E-state index contributed by atoms with van der Waals surface area (Å²) in [6, 6.07) is 6.33. The molecule has 160 valence electrons. The highest BCUT2D eigenvalue weighted by Gasteiger charge is 2.45. The lowest BCUT2D eigenvalue weighted by molar-refractivity contribution is -0.216. The van der Waals surface area contributed by atoms with E-state index in [2.05, 4.69) is 14.5 Å². The van der Waals surface area contributed by atoms with Crippen LogP contribution in [-0.2, 0) is 15.7 Å². The van der Waals surface area contributed by atoms with Crippen LogP contribution < -0.4 is 4.74 Å². The van der Waals surface area contributed by atoms with E-state index in [1.807, 2.05) is 0 Å². The molecule has 1 aromatic heterocycles. The van der Waals surface area contributed by atoms with Gasteiger partial charge < -0.3 is 9.47 Å². The predicted molar refractivity (Wildman–Crippen MR) is 102 cm³/mol. The van der Waals surface area contributed by atoms with E-state index < -0.39 is 23.8 Å². The van der Waals surface area contributed by atoms with Crippen molar-refractivity contribution in [2.45, 2.75) is 33.1 Å². The molecule has 0 aliphatic carbocycles. The minimum Gasteiger partial charge on any atom is -0.459 e. The first-order chi connectivity index (χ1) is 13.9. The number of ether oxygens (including phenoxy) is 2. The summed E-state index contributed by atoms with van der Waals surface area (Å²) in [4.78, 5) is 15.6. The third-order valence-corrected chi connectivity index (χ3v) is 5.25. The van der Waals surface area contributed by atoms with Gasteiger partial charge in [0.2, 0.25) is 0 Å². The molecule has 0 amide bonds. The van der Waals surface area contributed by atoms with Crippen LogP contribution in [0.5, 0.6) is 5.75 Å². The summed E-state index contributed by atoms with van der Waals surface area (Å²) < 4.78 is 76.1. The van der Waals surface area contributed by atoms with E-state index in [1.54, 1.807) is 0 Å². The Labute approximate surface area is 172 Å². The van der Waals surface area contributed by atoms with Crippen molar-refractivity contribution in [3.05, 3.63) is 47.0 Å². The first-order valence-electron chi connectivity index (χ1n) is 8.76. The normalized spacial score (nSPS) is 12.3. The molecule has 0 atom stereocenters. The molecule has 1 heterocycles. The average molecular weight is 445 g/mol. The molecular weight excluding hydrogens is 429 g/mol. The number of alkyl halides is 5. The van der Waals surface area contributed by atoms with E-state index in [1.165, 1.54) is 50.3 Å². The van der Waals surface area contributed by atoms with Crippen molar-refractivity contribution in [2.24, 2.45) is 0 Å². The number of halogens is 5. The molecule has 4 nitrogen and oxygen atoms in total. The van der Waals surface area contributed by atoms with Crippen LogP contribution in [-0.4, -0.2) is 23.7 Å². The maximum atomic E-state index is 13.9. The van der Waals surface area contributed by atoms with Gasteiger partial charge in [0.25, 0.3) is 0 Å². The highest BCUT2D eigenvalue weighted by atomic mass is 32.1. The molecule has 0 aliphatic heterocycles. The Kier molecular flexibility index (Phi) is 5.72. The van der Waals surface area contributed by atoms with E-state index >= 15 is 0 Å². The van der Waals surface area contributed by atoms with Gasteiger partial charge in [0.15, 0.2) is 0 Å². The Balaban J connectivity index is 1.96. The lowest BCUT2D eigenvalue weighted by Gasteiger charge is -2.19. The smallest absolute Gasteiger partial charge is 0.459 e. The van der Waals surface area contributed by atoms with Crippen molar-refractivity contribution in [1.82, 2.24) is 4.98 Å². The summed E-state index contributed by atoms with van der Waals surface area (Å²) >= 11 is 1.18. The van der Waals surface area contributed by atoms with E-state index in [-0.39, 0.29) is 17.9 Å². The van der Waals surface area contributed by atoms with Crippen LogP contribution >= 0.6 is 11.3 Å². The maximum absolute atomic E-state index is 13.9. The maximum Gasteiger partial charge on any atom is 0.502 e. The van der Waals surface area contributed by atoms with Crippen LogP contribution in [0.4, 0.5) is 22.0 Å². The zero-order chi connectivity index (χ0) is 22.3. The summed E-state index contributed by atoms with van der Waals surface area (Å²) in [6.07, 6.45) is -8.63. The fourth-order valence-corrected chi connectivity index (χ4v) is 3.78. The summed E-state index contributed by atoms with van der Waals surface area (Å²) in [7, 11) is 0. The number of carbonyl (C=O) groups is 1. The topological polar surface area (TPSA) is 48.4 Å². The van der Waals surface area contributed by atoms with Crippen molar-refractivity contribution >= 4 is 27.5 Å². The molecule has 0 saturated carbocycles. The Bertz CT molecular complexity index is 1080. The van der Waals surface area contributed by atoms with Gasteiger partial charge in [-0.15, -0.1) is 11.3 Å².